The molecule has 4 heteroatoms. The molecule has 0 aliphatic carbocycles. The number of nitrogens with zero attached hydrogens (tertiary/aromatic N) is 1. The third-order valence-electron chi connectivity index (χ3n) is 5.35. The summed E-state index contributed by atoms with van der Waals surface area (Å²) < 4.78 is 5.70. The van der Waals surface area contributed by atoms with Crippen LogP contribution in [0.15, 0.2) is 42.5 Å². The maximum Gasteiger partial charge on any atom is 0.258 e. The van der Waals surface area contributed by atoms with Gasteiger partial charge in [0.1, 0.15) is 5.75 Å². The van der Waals surface area contributed by atoms with Crippen LogP contribution in [0.25, 0.3) is 0 Å². The van der Waals surface area contributed by atoms with Crippen LogP contribution in [-0.2, 0) is 4.79 Å². The molecule has 0 bridgehead atoms. The van der Waals surface area contributed by atoms with Crippen LogP contribution in [-0.4, -0.2) is 37.0 Å². The van der Waals surface area contributed by atoms with E-state index in [0.717, 1.165) is 30.0 Å². The Bertz CT molecular complexity index is 759. The molecule has 1 amide bonds. The van der Waals surface area contributed by atoms with Gasteiger partial charge in [0.25, 0.3) is 5.91 Å². The number of carbonyl (C=O) groups excluding carboxylic acids is 1. The van der Waals surface area contributed by atoms with Crippen molar-refractivity contribution in [3.05, 3.63) is 64.7 Å². The SMILES string of the molecule is Cc1ccc([C@H](CNC(=O)COc2cc(C)cc(C)c2)N2CCCCC2)cc1. The Hall–Kier alpha value is -2.33. The first kappa shape index (κ1) is 20.4. The van der Waals surface area contributed by atoms with Gasteiger partial charge in [0.05, 0.1) is 6.04 Å². The molecule has 4 nitrogen and oxygen atoms in total. The highest BCUT2D eigenvalue weighted by molar-refractivity contribution is 5.77. The number of rotatable bonds is 7. The second-order valence-corrected chi connectivity index (χ2v) is 7.94. The normalized spacial score (nSPS) is 15.8. The number of hydrogen-bond donors (Lipinski definition) is 1. The molecule has 2 aromatic carbocycles. The molecule has 0 saturated carbocycles. The number of benzene rings is 2. The van der Waals surface area contributed by atoms with Crippen LogP contribution in [0.2, 0.25) is 0 Å². The summed E-state index contributed by atoms with van der Waals surface area (Å²) in [6, 6.07) is 14.9. The molecule has 1 fully saturated rings. The quantitative estimate of drug-likeness (QED) is 0.777. The maximum atomic E-state index is 12.4. The number of hydrogen-bond acceptors (Lipinski definition) is 3. The first-order valence-corrected chi connectivity index (χ1v) is 10.3. The van der Waals surface area contributed by atoms with Crippen LogP contribution >= 0.6 is 0 Å². The topological polar surface area (TPSA) is 41.6 Å². The summed E-state index contributed by atoms with van der Waals surface area (Å²) in [4.78, 5) is 14.9. The molecular formula is C24H32N2O2. The van der Waals surface area contributed by atoms with Crippen molar-refractivity contribution in [2.45, 2.75) is 46.1 Å². The first-order valence-electron chi connectivity index (χ1n) is 10.3. The Labute approximate surface area is 168 Å². The summed E-state index contributed by atoms with van der Waals surface area (Å²) in [5.41, 5.74) is 4.80. The molecule has 1 N–H and O–H groups in total. The Kier molecular flexibility index (Phi) is 7.10. The molecule has 1 saturated heterocycles. The van der Waals surface area contributed by atoms with Crippen LogP contribution in [0.4, 0.5) is 0 Å². The lowest BCUT2D eigenvalue weighted by Crippen LogP contribution is -2.41. The third-order valence-corrected chi connectivity index (χ3v) is 5.35. The minimum atomic E-state index is -0.0757. The predicted molar refractivity (Wildman–Crippen MR) is 114 cm³/mol. The van der Waals surface area contributed by atoms with Gasteiger partial charge in [-0.3, -0.25) is 9.69 Å². The number of piperidine rings is 1. The second-order valence-electron chi connectivity index (χ2n) is 7.94. The zero-order valence-electron chi connectivity index (χ0n) is 17.3. The van der Waals surface area contributed by atoms with E-state index >= 15 is 0 Å². The first-order chi connectivity index (χ1) is 13.5. The Morgan fingerprint density at radius 2 is 1.61 bits per heavy atom. The summed E-state index contributed by atoms with van der Waals surface area (Å²) in [5, 5.41) is 3.09. The van der Waals surface area contributed by atoms with E-state index in [2.05, 4.69) is 47.5 Å². The van der Waals surface area contributed by atoms with E-state index < -0.39 is 0 Å². The van der Waals surface area contributed by atoms with E-state index in [1.54, 1.807) is 0 Å². The third kappa shape index (κ3) is 5.83. The molecule has 150 valence electrons. The average Bonchev–Trinajstić information content (AvgIpc) is 2.68. The summed E-state index contributed by atoms with van der Waals surface area (Å²) in [6.45, 7) is 9.00. The van der Waals surface area contributed by atoms with E-state index in [0.29, 0.717) is 6.54 Å². The van der Waals surface area contributed by atoms with Crippen molar-refractivity contribution in [1.29, 1.82) is 0 Å². The predicted octanol–water partition coefficient (Wildman–Crippen LogP) is 4.33. The van der Waals surface area contributed by atoms with E-state index in [1.807, 2.05) is 26.0 Å². The van der Waals surface area contributed by atoms with Crippen molar-refractivity contribution in [2.24, 2.45) is 0 Å². The van der Waals surface area contributed by atoms with Gasteiger partial charge in [-0.1, -0.05) is 42.3 Å². The van der Waals surface area contributed by atoms with Crippen molar-refractivity contribution in [3.63, 3.8) is 0 Å². The van der Waals surface area contributed by atoms with Gasteiger partial charge in [-0.05, 0) is 75.5 Å². The molecule has 0 unspecified atom stereocenters. The lowest BCUT2D eigenvalue weighted by atomic mass is 10.0. The molecule has 1 atom stereocenters. The highest BCUT2D eigenvalue weighted by Crippen LogP contribution is 2.24. The van der Waals surface area contributed by atoms with Crippen molar-refractivity contribution >= 4 is 5.91 Å². The van der Waals surface area contributed by atoms with Crippen LogP contribution in [0.3, 0.4) is 0 Å². The van der Waals surface area contributed by atoms with Crippen molar-refractivity contribution < 1.29 is 9.53 Å². The van der Waals surface area contributed by atoms with Gasteiger partial charge < -0.3 is 10.1 Å². The van der Waals surface area contributed by atoms with Gasteiger partial charge in [0, 0.05) is 6.54 Å². The minimum Gasteiger partial charge on any atom is -0.484 e. The minimum absolute atomic E-state index is 0.0451. The van der Waals surface area contributed by atoms with Gasteiger partial charge in [-0.25, -0.2) is 0 Å². The summed E-state index contributed by atoms with van der Waals surface area (Å²) >= 11 is 0. The zero-order valence-corrected chi connectivity index (χ0v) is 17.3. The molecule has 0 aromatic heterocycles. The van der Waals surface area contributed by atoms with Gasteiger partial charge in [-0.15, -0.1) is 0 Å². The fraction of sp³-hybridized carbons (Fsp3) is 0.458. The average molecular weight is 381 g/mol. The van der Waals surface area contributed by atoms with Gasteiger partial charge in [-0.2, -0.15) is 0 Å². The number of amides is 1. The smallest absolute Gasteiger partial charge is 0.258 e. The number of carbonyl (C=O) groups is 1. The molecule has 1 aliphatic rings. The van der Waals surface area contributed by atoms with E-state index in [9.17, 15) is 4.79 Å². The molecule has 2 aromatic rings. The molecule has 1 heterocycles. The second kappa shape index (κ2) is 9.74. The molecule has 28 heavy (non-hydrogen) atoms. The monoisotopic (exact) mass is 380 g/mol. The number of ether oxygens (including phenoxy) is 1. The van der Waals surface area contributed by atoms with Gasteiger partial charge in [0.15, 0.2) is 6.61 Å². The van der Waals surface area contributed by atoms with Gasteiger partial charge in [0.2, 0.25) is 0 Å². The highest BCUT2D eigenvalue weighted by atomic mass is 16.5. The highest BCUT2D eigenvalue weighted by Gasteiger charge is 2.22. The summed E-state index contributed by atoms with van der Waals surface area (Å²) in [7, 11) is 0. The Morgan fingerprint density at radius 1 is 0.964 bits per heavy atom. The largest absolute Gasteiger partial charge is 0.484 e. The lowest BCUT2D eigenvalue weighted by Gasteiger charge is -2.35. The fourth-order valence-corrected chi connectivity index (χ4v) is 3.90. The number of aryl methyl sites for hydroxylation is 3. The molecule has 0 spiro atoms. The Morgan fingerprint density at radius 3 is 2.25 bits per heavy atom. The van der Waals surface area contributed by atoms with Crippen molar-refractivity contribution in [1.82, 2.24) is 10.2 Å². The molecule has 3 rings (SSSR count). The standard InChI is InChI=1S/C24H32N2O2/c1-18-7-9-21(10-8-18)23(26-11-5-4-6-12-26)16-25-24(27)17-28-22-14-19(2)13-20(3)15-22/h7-10,13-15,23H,4-6,11-12,16-17H2,1-3H3,(H,25,27)/t23-/m0/s1. The van der Waals surface area contributed by atoms with E-state index in [1.165, 1.54) is 30.4 Å². The Balaban J connectivity index is 1.59. The zero-order chi connectivity index (χ0) is 19.9. The van der Waals surface area contributed by atoms with E-state index in [-0.39, 0.29) is 18.6 Å². The van der Waals surface area contributed by atoms with Crippen LogP contribution in [0, 0.1) is 20.8 Å². The lowest BCUT2D eigenvalue weighted by molar-refractivity contribution is -0.123. The van der Waals surface area contributed by atoms with Crippen LogP contribution in [0.5, 0.6) is 5.75 Å². The summed E-state index contributed by atoms with van der Waals surface area (Å²) in [6.07, 6.45) is 3.76. The van der Waals surface area contributed by atoms with Gasteiger partial charge >= 0.3 is 0 Å². The molecule has 0 radical (unpaired) electrons. The van der Waals surface area contributed by atoms with Crippen molar-refractivity contribution in [2.75, 3.05) is 26.2 Å². The number of likely N-dealkylation sites (tertiary alicyclic amines) is 1. The van der Waals surface area contributed by atoms with Crippen molar-refractivity contribution in [3.8, 4) is 5.75 Å². The molecule has 1 aliphatic heterocycles. The van der Waals surface area contributed by atoms with Crippen LogP contribution in [0.1, 0.15) is 47.6 Å². The summed E-state index contributed by atoms with van der Waals surface area (Å²) in [5.74, 6) is 0.673. The van der Waals surface area contributed by atoms with E-state index in [4.69, 9.17) is 4.74 Å². The number of nitrogens with one attached hydrogen (secondary N) is 1. The fourth-order valence-electron chi connectivity index (χ4n) is 3.90. The van der Waals surface area contributed by atoms with Crippen LogP contribution < -0.4 is 10.1 Å². The maximum absolute atomic E-state index is 12.4. The molecular weight excluding hydrogens is 348 g/mol.